The second-order valence-corrected chi connectivity index (χ2v) is 5.87. The largest absolute Gasteiger partial charge is 0.344 e. The van der Waals surface area contributed by atoms with Gasteiger partial charge in [-0.05, 0) is 18.8 Å². The summed E-state index contributed by atoms with van der Waals surface area (Å²) in [6.07, 6.45) is 3.54. The van der Waals surface area contributed by atoms with E-state index in [1.54, 1.807) is 0 Å². The van der Waals surface area contributed by atoms with Crippen molar-refractivity contribution in [2.24, 2.45) is 11.8 Å². The molecular formula is C14H27N3O. The third-order valence-corrected chi connectivity index (χ3v) is 4.52. The zero-order valence-electron chi connectivity index (χ0n) is 11.8. The van der Waals surface area contributed by atoms with Crippen molar-refractivity contribution in [3.05, 3.63) is 0 Å². The maximum Gasteiger partial charge on any atom is 0.225 e. The first-order valence-electron chi connectivity index (χ1n) is 7.36. The van der Waals surface area contributed by atoms with Crippen LogP contribution in [0.3, 0.4) is 0 Å². The molecule has 1 aliphatic carbocycles. The molecule has 18 heavy (non-hydrogen) atoms. The van der Waals surface area contributed by atoms with Crippen molar-refractivity contribution in [2.45, 2.75) is 26.2 Å². The van der Waals surface area contributed by atoms with Gasteiger partial charge in [-0.2, -0.15) is 0 Å². The van der Waals surface area contributed by atoms with Crippen molar-refractivity contribution < 1.29 is 4.79 Å². The highest BCUT2D eigenvalue weighted by Crippen LogP contribution is 2.32. The smallest absolute Gasteiger partial charge is 0.225 e. The van der Waals surface area contributed by atoms with Gasteiger partial charge < -0.3 is 10.2 Å². The van der Waals surface area contributed by atoms with E-state index in [2.05, 4.69) is 17.1 Å². The fraction of sp³-hybridized carbons (Fsp3) is 0.929. The number of hydrogen-bond donors (Lipinski definition) is 1. The summed E-state index contributed by atoms with van der Waals surface area (Å²) in [5.74, 6) is 1.24. The van der Waals surface area contributed by atoms with Gasteiger partial charge in [0.1, 0.15) is 0 Å². The van der Waals surface area contributed by atoms with Crippen LogP contribution in [0.1, 0.15) is 26.2 Å². The van der Waals surface area contributed by atoms with Gasteiger partial charge in [-0.15, -0.1) is 0 Å². The Balaban J connectivity index is 1.73. The van der Waals surface area contributed by atoms with Gasteiger partial charge in [0, 0.05) is 52.2 Å². The number of nitrogens with zero attached hydrogens (tertiary/aromatic N) is 2. The lowest BCUT2D eigenvalue weighted by atomic mass is 9.97. The van der Waals surface area contributed by atoms with Gasteiger partial charge in [0.2, 0.25) is 5.91 Å². The van der Waals surface area contributed by atoms with Crippen molar-refractivity contribution in [1.29, 1.82) is 0 Å². The minimum absolute atomic E-state index is 0.290. The standard InChI is InChI=1S/C14H27N3O/c1-12-4-3-5-13(12)14(18)16(2)10-11-17-8-6-15-7-9-17/h12-13,15H,3-11H2,1-2H3. The van der Waals surface area contributed by atoms with Crippen LogP contribution in [0.4, 0.5) is 0 Å². The predicted molar refractivity (Wildman–Crippen MR) is 73.5 cm³/mol. The Labute approximate surface area is 111 Å². The Morgan fingerprint density at radius 3 is 2.67 bits per heavy atom. The monoisotopic (exact) mass is 253 g/mol. The summed E-state index contributed by atoms with van der Waals surface area (Å²) in [7, 11) is 1.97. The number of piperazine rings is 1. The quantitative estimate of drug-likeness (QED) is 0.804. The average molecular weight is 253 g/mol. The zero-order chi connectivity index (χ0) is 13.0. The molecule has 0 spiro atoms. The van der Waals surface area contributed by atoms with E-state index in [-0.39, 0.29) is 5.92 Å². The first-order valence-corrected chi connectivity index (χ1v) is 7.36. The molecule has 1 amide bonds. The Kier molecular flexibility index (Phi) is 5.01. The third-order valence-electron chi connectivity index (χ3n) is 4.52. The highest BCUT2D eigenvalue weighted by atomic mass is 16.2. The molecule has 2 atom stereocenters. The van der Waals surface area contributed by atoms with Crippen LogP contribution in [-0.2, 0) is 4.79 Å². The lowest BCUT2D eigenvalue weighted by molar-refractivity contribution is -0.135. The Morgan fingerprint density at radius 2 is 2.06 bits per heavy atom. The molecule has 0 aromatic rings. The highest BCUT2D eigenvalue weighted by molar-refractivity contribution is 5.79. The maximum absolute atomic E-state index is 12.3. The molecule has 104 valence electrons. The Hall–Kier alpha value is -0.610. The third kappa shape index (κ3) is 3.45. The van der Waals surface area contributed by atoms with Crippen molar-refractivity contribution in [1.82, 2.24) is 15.1 Å². The molecule has 0 aromatic carbocycles. The number of likely N-dealkylation sites (N-methyl/N-ethyl adjacent to an activating group) is 1. The first-order chi connectivity index (χ1) is 8.68. The minimum atomic E-state index is 0.290. The van der Waals surface area contributed by atoms with E-state index in [9.17, 15) is 4.79 Å². The molecule has 4 heteroatoms. The van der Waals surface area contributed by atoms with Crippen molar-refractivity contribution in [3.8, 4) is 0 Å². The number of amides is 1. The molecule has 0 bridgehead atoms. The number of rotatable bonds is 4. The van der Waals surface area contributed by atoms with E-state index in [1.165, 1.54) is 12.8 Å². The lowest BCUT2D eigenvalue weighted by Gasteiger charge is -2.30. The van der Waals surface area contributed by atoms with Gasteiger partial charge in [-0.25, -0.2) is 0 Å². The molecule has 2 unspecified atom stereocenters. The summed E-state index contributed by atoms with van der Waals surface area (Å²) in [6, 6.07) is 0. The summed E-state index contributed by atoms with van der Waals surface area (Å²) in [6.45, 7) is 8.51. The summed E-state index contributed by atoms with van der Waals surface area (Å²) in [5, 5.41) is 3.35. The molecule has 2 rings (SSSR count). The van der Waals surface area contributed by atoms with E-state index in [1.807, 2.05) is 11.9 Å². The fourth-order valence-corrected chi connectivity index (χ4v) is 3.13. The summed E-state index contributed by atoms with van der Waals surface area (Å²) >= 11 is 0. The van der Waals surface area contributed by atoms with Crippen molar-refractivity contribution >= 4 is 5.91 Å². The van der Waals surface area contributed by atoms with Crippen LogP contribution < -0.4 is 5.32 Å². The zero-order valence-corrected chi connectivity index (χ0v) is 11.8. The Morgan fingerprint density at radius 1 is 1.33 bits per heavy atom. The van der Waals surface area contributed by atoms with Gasteiger partial charge in [-0.3, -0.25) is 9.69 Å². The molecule has 1 heterocycles. The van der Waals surface area contributed by atoms with E-state index in [0.29, 0.717) is 11.8 Å². The number of carbonyl (C=O) groups is 1. The molecule has 0 radical (unpaired) electrons. The molecule has 1 saturated carbocycles. The molecule has 2 aliphatic rings. The second-order valence-electron chi connectivity index (χ2n) is 5.87. The summed E-state index contributed by atoms with van der Waals surface area (Å²) in [5.41, 5.74) is 0. The number of hydrogen-bond acceptors (Lipinski definition) is 3. The van der Waals surface area contributed by atoms with E-state index in [0.717, 1.165) is 45.7 Å². The molecule has 1 aliphatic heterocycles. The van der Waals surface area contributed by atoms with Crippen LogP contribution in [0.25, 0.3) is 0 Å². The number of carbonyl (C=O) groups excluding carboxylic acids is 1. The lowest BCUT2D eigenvalue weighted by Crippen LogP contribution is -2.47. The van der Waals surface area contributed by atoms with Crippen LogP contribution in [0.2, 0.25) is 0 Å². The van der Waals surface area contributed by atoms with Crippen LogP contribution in [-0.4, -0.2) is 62.0 Å². The second kappa shape index (κ2) is 6.53. The average Bonchev–Trinajstić information content (AvgIpc) is 2.82. The van der Waals surface area contributed by atoms with Crippen LogP contribution in [0, 0.1) is 11.8 Å². The van der Waals surface area contributed by atoms with Gasteiger partial charge in [-0.1, -0.05) is 13.3 Å². The molecule has 4 nitrogen and oxygen atoms in total. The fourth-order valence-electron chi connectivity index (χ4n) is 3.13. The van der Waals surface area contributed by atoms with E-state index in [4.69, 9.17) is 0 Å². The summed E-state index contributed by atoms with van der Waals surface area (Å²) in [4.78, 5) is 16.7. The predicted octanol–water partition coefficient (Wildman–Crippen LogP) is 0.786. The van der Waals surface area contributed by atoms with Gasteiger partial charge in [0.25, 0.3) is 0 Å². The van der Waals surface area contributed by atoms with E-state index >= 15 is 0 Å². The van der Waals surface area contributed by atoms with Gasteiger partial charge in [0.05, 0.1) is 0 Å². The first kappa shape index (κ1) is 13.8. The molecule has 2 fully saturated rings. The molecule has 1 saturated heterocycles. The van der Waals surface area contributed by atoms with Crippen LogP contribution in [0.15, 0.2) is 0 Å². The van der Waals surface area contributed by atoms with Crippen LogP contribution in [0.5, 0.6) is 0 Å². The van der Waals surface area contributed by atoms with Gasteiger partial charge in [0.15, 0.2) is 0 Å². The molecular weight excluding hydrogens is 226 g/mol. The SMILES string of the molecule is CC1CCCC1C(=O)N(C)CCN1CCNCC1. The highest BCUT2D eigenvalue weighted by Gasteiger charge is 2.31. The Bertz CT molecular complexity index is 276. The minimum Gasteiger partial charge on any atom is -0.344 e. The summed E-state index contributed by atoms with van der Waals surface area (Å²) < 4.78 is 0. The topological polar surface area (TPSA) is 35.6 Å². The normalized spacial score (nSPS) is 29.4. The number of nitrogens with one attached hydrogen (secondary N) is 1. The van der Waals surface area contributed by atoms with Crippen molar-refractivity contribution in [3.63, 3.8) is 0 Å². The molecule has 1 N–H and O–H groups in total. The molecule has 0 aromatic heterocycles. The maximum atomic E-state index is 12.3. The van der Waals surface area contributed by atoms with Crippen molar-refractivity contribution in [2.75, 3.05) is 46.3 Å². The van der Waals surface area contributed by atoms with Crippen LogP contribution >= 0.6 is 0 Å². The van der Waals surface area contributed by atoms with E-state index < -0.39 is 0 Å². The van der Waals surface area contributed by atoms with Gasteiger partial charge >= 0.3 is 0 Å².